The van der Waals surface area contributed by atoms with Crippen molar-refractivity contribution in [1.29, 1.82) is 0 Å². The molecule has 1 amide bonds. The van der Waals surface area contributed by atoms with E-state index in [0.717, 1.165) is 19.5 Å². The van der Waals surface area contributed by atoms with Crippen LogP contribution in [0.4, 0.5) is 0 Å². The van der Waals surface area contributed by atoms with E-state index in [1.165, 1.54) is 17.8 Å². The monoisotopic (exact) mass is 320 g/mol. The van der Waals surface area contributed by atoms with Crippen LogP contribution in [0, 0.1) is 0 Å². The number of hydrogen-bond donors (Lipinski definition) is 1. The Labute approximate surface area is 127 Å². The predicted molar refractivity (Wildman–Crippen MR) is 81.5 cm³/mol. The highest BCUT2D eigenvalue weighted by molar-refractivity contribution is 7.20. The summed E-state index contributed by atoms with van der Waals surface area (Å²) in [7, 11) is 0. The highest BCUT2D eigenvalue weighted by atomic mass is 35.5. The Morgan fingerprint density at radius 3 is 2.79 bits per heavy atom. The van der Waals surface area contributed by atoms with E-state index in [4.69, 9.17) is 23.2 Å². The van der Waals surface area contributed by atoms with E-state index in [2.05, 4.69) is 5.32 Å². The topological polar surface area (TPSA) is 32.3 Å². The van der Waals surface area contributed by atoms with Gasteiger partial charge in [0, 0.05) is 18.6 Å². The van der Waals surface area contributed by atoms with Crippen molar-refractivity contribution in [3.63, 3.8) is 0 Å². The second-order valence-corrected chi connectivity index (χ2v) is 7.37. The number of amides is 1. The minimum atomic E-state index is -0.0307. The van der Waals surface area contributed by atoms with Crippen molar-refractivity contribution >= 4 is 40.4 Å². The summed E-state index contributed by atoms with van der Waals surface area (Å²) in [4.78, 5) is 14.4. The number of carbonyl (C=O) groups is 1. The van der Waals surface area contributed by atoms with E-state index in [0.29, 0.717) is 20.3 Å². The Bertz CT molecular complexity index is 455. The molecule has 1 unspecified atom stereocenters. The number of carbonyl (C=O) groups excluding carboxylic acids is 1. The maximum Gasteiger partial charge on any atom is 0.256 e. The summed E-state index contributed by atoms with van der Waals surface area (Å²) in [6, 6.07) is 2.19. The minimum absolute atomic E-state index is 0.0307. The van der Waals surface area contributed by atoms with Crippen LogP contribution >= 0.6 is 34.5 Å². The minimum Gasteiger partial charge on any atom is -0.335 e. The van der Waals surface area contributed by atoms with Crippen molar-refractivity contribution in [1.82, 2.24) is 10.2 Å². The molecule has 0 aliphatic carbocycles. The molecule has 0 radical (unpaired) electrons. The highest BCUT2D eigenvalue weighted by Gasteiger charge is 2.26. The molecule has 3 nitrogen and oxygen atoms in total. The maximum atomic E-state index is 12.6. The molecule has 1 aliphatic heterocycles. The van der Waals surface area contributed by atoms with Crippen LogP contribution in [0.1, 0.15) is 37.0 Å². The molecule has 0 bridgehead atoms. The summed E-state index contributed by atoms with van der Waals surface area (Å²) in [5.41, 5.74) is 0.517. The smallest absolute Gasteiger partial charge is 0.256 e. The van der Waals surface area contributed by atoms with E-state index in [-0.39, 0.29) is 11.9 Å². The van der Waals surface area contributed by atoms with Crippen LogP contribution in [0.2, 0.25) is 8.67 Å². The molecule has 19 heavy (non-hydrogen) atoms. The molecule has 1 saturated heterocycles. The molecule has 0 spiro atoms. The lowest BCUT2D eigenvalue weighted by atomic mass is 10.1. The lowest BCUT2D eigenvalue weighted by Crippen LogP contribution is -2.44. The van der Waals surface area contributed by atoms with Gasteiger partial charge in [-0.05, 0) is 39.3 Å². The first-order valence-electron chi connectivity index (χ1n) is 6.48. The quantitative estimate of drug-likeness (QED) is 0.918. The fourth-order valence-corrected chi connectivity index (χ4v) is 3.77. The molecular weight excluding hydrogens is 303 g/mol. The van der Waals surface area contributed by atoms with Crippen LogP contribution in [0.25, 0.3) is 0 Å². The first-order valence-corrected chi connectivity index (χ1v) is 8.05. The zero-order chi connectivity index (χ0) is 14.0. The molecule has 0 saturated carbocycles. The summed E-state index contributed by atoms with van der Waals surface area (Å²) in [6.45, 7) is 5.81. The van der Waals surface area contributed by atoms with Gasteiger partial charge < -0.3 is 10.2 Å². The number of halogens is 2. The second-order valence-electron chi connectivity index (χ2n) is 5.08. The van der Waals surface area contributed by atoms with Crippen LogP contribution in [-0.4, -0.2) is 36.0 Å². The van der Waals surface area contributed by atoms with Gasteiger partial charge in [-0.3, -0.25) is 4.79 Å². The third-order valence-corrected chi connectivity index (χ3v) is 4.84. The molecule has 1 fully saturated rings. The zero-order valence-electron chi connectivity index (χ0n) is 11.1. The van der Waals surface area contributed by atoms with Gasteiger partial charge in [0.25, 0.3) is 5.91 Å². The van der Waals surface area contributed by atoms with Gasteiger partial charge in [0.1, 0.15) is 4.34 Å². The Kier molecular flexibility index (Phi) is 5.12. The molecule has 0 aromatic carbocycles. The summed E-state index contributed by atoms with van der Waals surface area (Å²) >= 11 is 13.2. The van der Waals surface area contributed by atoms with Crippen molar-refractivity contribution in [2.45, 2.75) is 38.8 Å². The molecule has 1 aromatic rings. The van der Waals surface area contributed by atoms with Gasteiger partial charge in [0.05, 0.1) is 9.90 Å². The van der Waals surface area contributed by atoms with E-state index in [9.17, 15) is 4.79 Å². The fourth-order valence-electron chi connectivity index (χ4n) is 2.32. The first-order chi connectivity index (χ1) is 8.99. The van der Waals surface area contributed by atoms with Crippen molar-refractivity contribution in [2.24, 2.45) is 0 Å². The first kappa shape index (κ1) is 15.1. The molecule has 2 heterocycles. The van der Waals surface area contributed by atoms with Crippen LogP contribution in [0.15, 0.2) is 6.07 Å². The number of nitrogens with one attached hydrogen (secondary N) is 1. The summed E-state index contributed by atoms with van der Waals surface area (Å²) in [5.74, 6) is -0.0307. The summed E-state index contributed by atoms with van der Waals surface area (Å²) in [5, 5.41) is 3.42. The molecule has 106 valence electrons. The van der Waals surface area contributed by atoms with Gasteiger partial charge in [-0.2, -0.15) is 0 Å². The van der Waals surface area contributed by atoms with E-state index >= 15 is 0 Å². The van der Waals surface area contributed by atoms with Crippen LogP contribution in [0.3, 0.4) is 0 Å². The Morgan fingerprint density at radius 2 is 2.32 bits per heavy atom. The zero-order valence-corrected chi connectivity index (χ0v) is 13.4. The molecule has 2 rings (SSSR count). The van der Waals surface area contributed by atoms with Crippen molar-refractivity contribution in [3.05, 3.63) is 20.3 Å². The van der Waals surface area contributed by atoms with Gasteiger partial charge in [-0.15, -0.1) is 11.3 Å². The van der Waals surface area contributed by atoms with Crippen molar-refractivity contribution < 1.29 is 4.79 Å². The van der Waals surface area contributed by atoms with Crippen LogP contribution < -0.4 is 5.32 Å². The largest absolute Gasteiger partial charge is 0.335 e. The third kappa shape index (κ3) is 3.63. The van der Waals surface area contributed by atoms with Gasteiger partial charge in [-0.25, -0.2) is 0 Å². The number of rotatable bonds is 4. The standard InChI is InChI=1S/C13H18Cl2N2OS/c1-8(2)17(7-9-4-3-5-16-9)13(18)10-6-11(14)19-12(10)15/h6,8-9,16H,3-5,7H2,1-2H3. The number of nitrogens with zero attached hydrogens (tertiary/aromatic N) is 1. The van der Waals surface area contributed by atoms with Crippen molar-refractivity contribution in [3.8, 4) is 0 Å². The normalized spacial score (nSPS) is 19.1. The highest BCUT2D eigenvalue weighted by Crippen LogP contribution is 2.32. The van der Waals surface area contributed by atoms with Gasteiger partial charge >= 0.3 is 0 Å². The molecular formula is C13H18Cl2N2OS. The van der Waals surface area contributed by atoms with E-state index in [1.54, 1.807) is 6.07 Å². The molecule has 1 atom stereocenters. The lowest BCUT2D eigenvalue weighted by molar-refractivity contribution is 0.0690. The van der Waals surface area contributed by atoms with Gasteiger partial charge in [0.15, 0.2) is 0 Å². The lowest BCUT2D eigenvalue weighted by Gasteiger charge is -2.29. The maximum absolute atomic E-state index is 12.6. The molecule has 6 heteroatoms. The summed E-state index contributed by atoms with van der Waals surface area (Å²) in [6.07, 6.45) is 2.30. The Morgan fingerprint density at radius 1 is 1.58 bits per heavy atom. The summed E-state index contributed by atoms with van der Waals surface area (Å²) < 4.78 is 1.02. The van der Waals surface area contributed by atoms with Gasteiger partial charge in [-0.1, -0.05) is 23.2 Å². The van der Waals surface area contributed by atoms with E-state index in [1.807, 2.05) is 18.7 Å². The molecule has 1 aliphatic rings. The van der Waals surface area contributed by atoms with Crippen LogP contribution in [0.5, 0.6) is 0 Å². The Hall–Kier alpha value is -0.290. The Balaban J connectivity index is 2.14. The predicted octanol–water partition coefficient (Wildman–Crippen LogP) is 3.66. The van der Waals surface area contributed by atoms with Crippen LogP contribution in [-0.2, 0) is 0 Å². The van der Waals surface area contributed by atoms with E-state index < -0.39 is 0 Å². The van der Waals surface area contributed by atoms with Gasteiger partial charge in [0.2, 0.25) is 0 Å². The average molecular weight is 321 g/mol. The fraction of sp³-hybridized carbons (Fsp3) is 0.615. The SMILES string of the molecule is CC(C)N(CC1CCCN1)C(=O)c1cc(Cl)sc1Cl. The molecule has 1 aromatic heterocycles. The average Bonchev–Trinajstić information content (AvgIpc) is 2.94. The van der Waals surface area contributed by atoms with Crippen molar-refractivity contribution in [2.75, 3.05) is 13.1 Å². The third-order valence-electron chi connectivity index (χ3n) is 3.35. The number of thiophene rings is 1. The molecule has 1 N–H and O–H groups in total. The number of hydrogen-bond acceptors (Lipinski definition) is 3. The second kappa shape index (κ2) is 6.44.